The van der Waals surface area contributed by atoms with E-state index in [-0.39, 0.29) is 22.7 Å². The molecule has 0 aliphatic heterocycles. The Morgan fingerprint density at radius 3 is 2.12 bits per heavy atom. The molecule has 3 heterocycles. The third-order valence-corrected chi connectivity index (χ3v) is 6.59. The zero-order valence-electron chi connectivity index (χ0n) is 20.6. The highest BCUT2D eigenvalue weighted by molar-refractivity contribution is 7.14. The molecule has 0 N–H and O–H groups in total. The molecule has 0 spiro atoms. The minimum Gasteiger partial charge on any atom is -0.462 e. The molecule has 0 atom stereocenters. The van der Waals surface area contributed by atoms with Crippen LogP contribution in [0.15, 0.2) is 35.8 Å². The first-order valence-corrected chi connectivity index (χ1v) is 12.3. The maximum absolute atomic E-state index is 14.4. The number of pyridine rings is 1. The molecule has 0 fully saturated rings. The van der Waals surface area contributed by atoms with E-state index in [0.29, 0.717) is 10.9 Å². The summed E-state index contributed by atoms with van der Waals surface area (Å²) in [6.07, 6.45) is -11.7. The van der Waals surface area contributed by atoms with E-state index < -0.39 is 82.0 Å². The van der Waals surface area contributed by atoms with Crippen LogP contribution in [-0.4, -0.2) is 33.1 Å². The second kappa shape index (κ2) is 11.2. The largest absolute Gasteiger partial charge is 0.462 e. The van der Waals surface area contributed by atoms with Crippen LogP contribution in [0, 0.1) is 23.3 Å². The first-order chi connectivity index (χ1) is 19.6. The second-order valence-corrected chi connectivity index (χ2v) is 9.20. The lowest BCUT2D eigenvalue weighted by Crippen LogP contribution is -2.19. The van der Waals surface area contributed by atoms with Crippen LogP contribution in [0.25, 0.3) is 16.4 Å². The number of carbonyl (C=O) groups is 2. The highest BCUT2D eigenvalue weighted by atomic mass is 32.1. The standard InChI is InChI=1S/C25H13F10N3O3S/c1-2-41-23(40)12-9-36-38(22(12)25(33,34)35)15-5-3-4-13(37-15)21-10(6-7-42-21)14(39)8-11-17(26)19(28)16(24(30,31)32)20(29)18(11)27/h3-7,9H,2,8H2,1H3. The van der Waals surface area contributed by atoms with Crippen molar-refractivity contribution in [2.45, 2.75) is 25.7 Å². The number of benzene rings is 1. The topological polar surface area (TPSA) is 74.1 Å². The smallest absolute Gasteiger partial charge is 0.434 e. The van der Waals surface area contributed by atoms with Crippen LogP contribution in [0.2, 0.25) is 0 Å². The summed E-state index contributed by atoms with van der Waals surface area (Å²) in [4.78, 5) is 28.9. The van der Waals surface area contributed by atoms with Crippen LogP contribution in [0.3, 0.4) is 0 Å². The predicted molar refractivity (Wildman–Crippen MR) is 125 cm³/mol. The molecule has 0 aliphatic rings. The van der Waals surface area contributed by atoms with Crippen LogP contribution >= 0.6 is 11.3 Å². The fraction of sp³-hybridized carbons (Fsp3) is 0.200. The minimum atomic E-state index is -5.77. The van der Waals surface area contributed by atoms with Crippen LogP contribution in [0.1, 0.15) is 44.5 Å². The Hall–Kier alpha value is -4.28. The third kappa shape index (κ3) is 5.60. The summed E-state index contributed by atoms with van der Waals surface area (Å²) in [7, 11) is 0. The Morgan fingerprint density at radius 1 is 0.905 bits per heavy atom. The summed E-state index contributed by atoms with van der Waals surface area (Å²) in [5, 5.41) is 4.87. The van der Waals surface area contributed by atoms with Gasteiger partial charge < -0.3 is 4.74 Å². The van der Waals surface area contributed by atoms with Crippen LogP contribution in [-0.2, 0) is 23.5 Å². The van der Waals surface area contributed by atoms with Gasteiger partial charge in [-0.25, -0.2) is 32.0 Å². The van der Waals surface area contributed by atoms with Crippen molar-refractivity contribution in [1.82, 2.24) is 14.8 Å². The quantitative estimate of drug-likeness (QED) is 0.0941. The van der Waals surface area contributed by atoms with Crippen molar-refractivity contribution >= 4 is 23.1 Å². The molecule has 42 heavy (non-hydrogen) atoms. The molecule has 1 aromatic carbocycles. The molecule has 4 rings (SSSR count). The molecule has 6 nitrogen and oxygen atoms in total. The van der Waals surface area contributed by atoms with E-state index in [0.717, 1.165) is 23.5 Å². The van der Waals surface area contributed by atoms with Crippen molar-refractivity contribution in [3.8, 4) is 16.4 Å². The van der Waals surface area contributed by atoms with Crippen LogP contribution in [0.5, 0.6) is 0 Å². The van der Waals surface area contributed by atoms with Crippen molar-refractivity contribution in [2.75, 3.05) is 6.61 Å². The Balaban J connectivity index is 1.74. The molecule has 0 aliphatic carbocycles. The molecule has 17 heteroatoms. The summed E-state index contributed by atoms with van der Waals surface area (Å²) >= 11 is 0.799. The van der Waals surface area contributed by atoms with Gasteiger partial charge in [-0.2, -0.15) is 31.4 Å². The zero-order chi connectivity index (χ0) is 31.1. The van der Waals surface area contributed by atoms with E-state index in [1.165, 1.54) is 24.4 Å². The van der Waals surface area contributed by atoms with E-state index in [1.54, 1.807) is 0 Å². The van der Waals surface area contributed by atoms with E-state index in [1.807, 2.05) is 0 Å². The zero-order valence-corrected chi connectivity index (χ0v) is 21.4. The Kier molecular flexibility index (Phi) is 8.17. The lowest BCUT2D eigenvalue weighted by atomic mass is 9.99. The maximum atomic E-state index is 14.4. The first kappa shape index (κ1) is 30.7. The average molecular weight is 625 g/mol. The Bertz CT molecular complexity index is 1660. The molecular formula is C25H13F10N3O3S. The number of alkyl halides is 6. The number of nitrogens with zero attached hydrogens (tertiary/aromatic N) is 3. The maximum Gasteiger partial charge on any atom is 0.434 e. The van der Waals surface area contributed by atoms with Crippen LogP contribution in [0.4, 0.5) is 43.9 Å². The van der Waals surface area contributed by atoms with Crippen LogP contribution < -0.4 is 0 Å². The number of ether oxygens (including phenoxy) is 1. The van der Waals surface area contributed by atoms with Gasteiger partial charge in [0, 0.05) is 17.5 Å². The number of ketones is 1. The monoisotopic (exact) mass is 625 g/mol. The van der Waals surface area contributed by atoms with Gasteiger partial charge >= 0.3 is 18.3 Å². The summed E-state index contributed by atoms with van der Waals surface area (Å²) in [6.45, 7) is 1.16. The van der Waals surface area contributed by atoms with Gasteiger partial charge in [0.25, 0.3) is 0 Å². The highest BCUT2D eigenvalue weighted by Crippen LogP contribution is 2.38. The summed E-state index contributed by atoms with van der Waals surface area (Å²) < 4.78 is 142. The summed E-state index contributed by atoms with van der Waals surface area (Å²) in [5.74, 6) is -13.3. The van der Waals surface area contributed by atoms with E-state index >= 15 is 0 Å². The summed E-state index contributed by atoms with van der Waals surface area (Å²) in [5.41, 5.74) is -7.31. The molecule has 0 amide bonds. The van der Waals surface area contributed by atoms with Crippen molar-refractivity contribution in [2.24, 2.45) is 0 Å². The molecule has 4 aromatic rings. The number of rotatable bonds is 7. The average Bonchev–Trinajstić information content (AvgIpc) is 3.58. The molecular weight excluding hydrogens is 612 g/mol. The molecule has 0 saturated heterocycles. The molecule has 0 saturated carbocycles. The van der Waals surface area contributed by atoms with Gasteiger partial charge in [0.1, 0.15) is 11.1 Å². The molecule has 0 radical (unpaired) electrons. The molecule has 222 valence electrons. The van der Waals surface area contributed by atoms with Crippen molar-refractivity contribution in [3.05, 3.63) is 87.1 Å². The van der Waals surface area contributed by atoms with Gasteiger partial charge in [0.2, 0.25) is 0 Å². The normalized spacial score (nSPS) is 12.1. The Labute approximate surface area is 232 Å². The minimum absolute atomic E-state index is 0.0677. The van der Waals surface area contributed by atoms with Gasteiger partial charge in [0.05, 0.1) is 23.4 Å². The van der Waals surface area contributed by atoms with Gasteiger partial charge in [-0.3, -0.25) is 4.79 Å². The van der Waals surface area contributed by atoms with Gasteiger partial charge in [0.15, 0.2) is 40.6 Å². The van der Waals surface area contributed by atoms with Gasteiger partial charge in [-0.05, 0) is 30.5 Å². The fourth-order valence-corrected chi connectivity index (χ4v) is 4.77. The first-order valence-electron chi connectivity index (χ1n) is 11.4. The van der Waals surface area contributed by atoms with E-state index in [4.69, 9.17) is 0 Å². The molecule has 3 aromatic heterocycles. The fourth-order valence-electron chi connectivity index (χ4n) is 3.89. The number of hydrogen-bond acceptors (Lipinski definition) is 6. The number of Topliss-reactive ketones (excluding diaryl/α,β-unsaturated/α-hetero) is 1. The van der Waals surface area contributed by atoms with Gasteiger partial charge in [-0.1, -0.05) is 6.07 Å². The highest BCUT2D eigenvalue weighted by Gasteiger charge is 2.43. The second-order valence-electron chi connectivity index (χ2n) is 8.29. The number of aromatic nitrogens is 3. The number of hydrogen-bond donors (Lipinski definition) is 0. The lowest BCUT2D eigenvalue weighted by Gasteiger charge is -2.14. The van der Waals surface area contributed by atoms with Crippen molar-refractivity contribution in [1.29, 1.82) is 0 Å². The number of esters is 1. The molecule has 0 unspecified atom stereocenters. The van der Waals surface area contributed by atoms with Crippen molar-refractivity contribution < 1.29 is 58.2 Å². The number of thiophene rings is 1. The SMILES string of the molecule is CCOC(=O)c1cnn(-c2cccc(-c3sccc3C(=O)Cc3c(F)c(F)c(C(F)(F)F)c(F)c3F)n2)c1C(F)(F)F. The van der Waals surface area contributed by atoms with E-state index in [9.17, 15) is 53.5 Å². The third-order valence-electron chi connectivity index (χ3n) is 5.66. The molecule has 0 bridgehead atoms. The lowest BCUT2D eigenvalue weighted by molar-refractivity contribution is -0.144. The van der Waals surface area contributed by atoms with E-state index in [2.05, 4.69) is 14.8 Å². The summed E-state index contributed by atoms with van der Waals surface area (Å²) in [6, 6.07) is 4.66. The number of halogens is 10. The van der Waals surface area contributed by atoms with Gasteiger partial charge in [-0.15, -0.1) is 11.3 Å². The predicted octanol–water partition coefficient (Wildman–Crippen LogP) is 7.19. The number of carbonyl (C=O) groups excluding carboxylic acids is 2. The Morgan fingerprint density at radius 2 is 1.55 bits per heavy atom. The van der Waals surface area contributed by atoms with Crippen molar-refractivity contribution in [3.63, 3.8) is 0 Å².